The van der Waals surface area contributed by atoms with Crippen molar-refractivity contribution >= 4 is 17.5 Å². The van der Waals surface area contributed by atoms with Crippen LogP contribution in [0.2, 0.25) is 0 Å². The number of hydrogen-bond acceptors (Lipinski definition) is 9. The Bertz CT molecular complexity index is 805. The van der Waals surface area contributed by atoms with Crippen LogP contribution in [0.5, 0.6) is 0 Å². The van der Waals surface area contributed by atoms with Gasteiger partial charge in [-0.2, -0.15) is 0 Å². The van der Waals surface area contributed by atoms with Crippen LogP contribution >= 0.6 is 0 Å². The van der Waals surface area contributed by atoms with E-state index in [1.165, 1.54) is 12.5 Å². The third-order valence-corrected chi connectivity index (χ3v) is 6.36. The molecule has 0 saturated carbocycles. The minimum atomic E-state index is -1.07. The van der Waals surface area contributed by atoms with Gasteiger partial charge in [-0.25, -0.2) is 0 Å². The molecular formula is C28H46N2O7. The molecule has 1 aliphatic rings. The average Bonchev–Trinajstić information content (AvgIpc) is 3.34. The molecule has 1 fully saturated rings. The molecule has 1 aromatic rings. The lowest BCUT2D eigenvalue weighted by Gasteiger charge is -2.23. The Balaban J connectivity index is 0.00000334. The van der Waals surface area contributed by atoms with Gasteiger partial charge in [0.05, 0.1) is 6.10 Å². The lowest BCUT2D eigenvalue weighted by molar-refractivity contribution is -0.160. The number of nitrogens with one attached hydrogen (secondary N) is 2. The highest BCUT2D eigenvalue weighted by molar-refractivity contribution is 5.99. The van der Waals surface area contributed by atoms with E-state index in [1.54, 1.807) is 14.0 Å². The molecule has 1 aromatic carbocycles. The lowest BCUT2D eigenvalue weighted by atomic mass is 9.87. The molecule has 9 heteroatoms. The van der Waals surface area contributed by atoms with Gasteiger partial charge in [0.15, 0.2) is 0 Å². The van der Waals surface area contributed by atoms with Crippen LogP contribution in [0.25, 0.3) is 0 Å². The lowest BCUT2D eigenvalue weighted by Crippen LogP contribution is -2.33. The molecule has 3 N–H and O–H groups in total. The Kier molecular flexibility index (Phi) is 16.1. The van der Waals surface area contributed by atoms with Crippen molar-refractivity contribution in [1.82, 2.24) is 10.6 Å². The average molecular weight is 523 g/mol. The highest BCUT2D eigenvalue weighted by atomic mass is 16.7. The molecule has 1 saturated heterocycles. The van der Waals surface area contributed by atoms with E-state index in [0.717, 1.165) is 6.54 Å². The first-order chi connectivity index (χ1) is 17.7. The van der Waals surface area contributed by atoms with E-state index in [-0.39, 0.29) is 30.2 Å². The summed E-state index contributed by atoms with van der Waals surface area (Å²) in [5, 5.41) is 15.2. The maximum Gasteiger partial charge on any atom is 0.316 e. The molecule has 9 nitrogen and oxygen atoms in total. The zero-order chi connectivity index (χ0) is 27.8. The van der Waals surface area contributed by atoms with Gasteiger partial charge in [0, 0.05) is 45.0 Å². The number of carbonyl (C=O) groups is 3. The fraction of sp³-hybridized carbons (Fsp3) is 0.679. The SMILES string of the molecule is CC.COC(C[C@@H](C)C(=O)CCNCc1ccccc1)C[C@@H](C)C(=O)C(C)C(=O)OCC1CNC(O)O1. The van der Waals surface area contributed by atoms with Gasteiger partial charge < -0.3 is 24.6 Å². The molecule has 1 aliphatic heterocycles. The molecule has 0 amide bonds. The summed E-state index contributed by atoms with van der Waals surface area (Å²) in [6.07, 6.45) is -0.424. The molecule has 1 heterocycles. The molecule has 0 spiro atoms. The zero-order valence-electron chi connectivity index (χ0n) is 23.2. The molecule has 0 aromatic heterocycles. The number of aliphatic hydroxyl groups excluding tert-OH is 1. The number of aliphatic hydroxyl groups is 1. The van der Waals surface area contributed by atoms with Crippen molar-refractivity contribution in [2.24, 2.45) is 17.8 Å². The standard InChI is InChI=1S/C26H40N2O7.C2H6/c1-17(23(29)10-11-27-14-20-8-6-5-7-9-20)12-21(33-4)13-18(2)24(30)19(3)25(31)34-16-22-15-28-26(32)35-22;1-2/h5-9,17-19,21-22,26-28,32H,10-16H2,1-4H3;1-2H3/t17-,18-,19?,21?,22?,26?;/m1./s1. The maximum absolute atomic E-state index is 12.8. The number of rotatable bonds is 16. The van der Waals surface area contributed by atoms with Gasteiger partial charge in [0.2, 0.25) is 6.41 Å². The molecule has 2 rings (SSSR count). The molecular weight excluding hydrogens is 476 g/mol. The van der Waals surface area contributed by atoms with Crippen molar-refractivity contribution in [3.05, 3.63) is 35.9 Å². The van der Waals surface area contributed by atoms with Gasteiger partial charge in [-0.05, 0) is 25.3 Å². The Morgan fingerprint density at radius 2 is 1.76 bits per heavy atom. The van der Waals surface area contributed by atoms with E-state index in [4.69, 9.17) is 14.2 Å². The highest BCUT2D eigenvalue weighted by Gasteiger charge is 2.31. The Morgan fingerprint density at radius 3 is 2.35 bits per heavy atom. The summed E-state index contributed by atoms with van der Waals surface area (Å²) >= 11 is 0. The smallest absolute Gasteiger partial charge is 0.316 e. The highest BCUT2D eigenvalue weighted by Crippen LogP contribution is 2.21. The number of ketones is 2. The zero-order valence-corrected chi connectivity index (χ0v) is 23.2. The number of esters is 1. The summed E-state index contributed by atoms with van der Waals surface area (Å²) < 4.78 is 15.9. The van der Waals surface area contributed by atoms with Crippen molar-refractivity contribution in [2.45, 2.75) is 79.0 Å². The first-order valence-electron chi connectivity index (χ1n) is 13.3. The second kappa shape index (κ2) is 18.1. The third kappa shape index (κ3) is 12.3. The quantitative estimate of drug-likeness (QED) is 0.171. The van der Waals surface area contributed by atoms with Crippen LogP contribution in [-0.2, 0) is 35.1 Å². The predicted octanol–water partition coefficient (Wildman–Crippen LogP) is 2.84. The topological polar surface area (TPSA) is 123 Å². The molecule has 37 heavy (non-hydrogen) atoms. The molecule has 0 radical (unpaired) electrons. The summed E-state index contributed by atoms with van der Waals surface area (Å²) in [6.45, 7) is 10.8. The summed E-state index contributed by atoms with van der Waals surface area (Å²) in [4.78, 5) is 37.7. The van der Waals surface area contributed by atoms with Crippen LogP contribution in [0.3, 0.4) is 0 Å². The van der Waals surface area contributed by atoms with Crippen LogP contribution in [-0.4, -0.2) is 68.1 Å². The second-order valence-corrected chi connectivity index (χ2v) is 9.28. The van der Waals surface area contributed by atoms with E-state index >= 15 is 0 Å². The van der Waals surface area contributed by atoms with Crippen molar-refractivity contribution in [3.8, 4) is 0 Å². The van der Waals surface area contributed by atoms with Crippen LogP contribution in [0, 0.1) is 17.8 Å². The van der Waals surface area contributed by atoms with Gasteiger partial charge in [-0.3, -0.25) is 19.7 Å². The normalized spacial score (nSPS) is 20.2. The fourth-order valence-electron chi connectivity index (χ4n) is 4.06. The summed E-state index contributed by atoms with van der Waals surface area (Å²) in [6, 6.07) is 10.0. The number of benzene rings is 1. The molecule has 0 aliphatic carbocycles. The third-order valence-electron chi connectivity index (χ3n) is 6.36. The first-order valence-corrected chi connectivity index (χ1v) is 13.3. The molecule has 6 atom stereocenters. The van der Waals surface area contributed by atoms with E-state index < -0.39 is 30.3 Å². The van der Waals surface area contributed by atoms with Gasteiger partial charge in [-0.1, -0.05) is 58.0 Å². The van der Waals surface area contributed by atoms with E-state index in [0.29, 0.717) is 32.4 Å². The van der Waals surface area contributed by atoms with E-state index in [1.807, 2.05) is 51.1 Å². The van der Waals surface area contributed by atoms with Crippen molar-refractivity contribution in [3.63, 3.8) is 0 Å². The number of Topliss-reactive ketones (excluding diaryl/α,β-unsaturated/α-hetero) is 2. The number of ether oxygens (including phenoxy) is 3. The number of carbonyl (C=O) groups excluding carboxylic acids is 3. The van der Waals surface area contributed by atoms with Crippen LogP contribution in [0.1, 0.15) is 59.4 Å². The van der Waals surface area contributed by atoms with E-state index in [2.05, 4.69) is 10.6 Å². The fourth-order valence-corrected chi connectivity index (χ4v) is 4.06. The van der Waals surface area contributed by atoms with Gasteiger partial charge >= 0.3 is 5.97 Å². The van der Waals surface area contributed by atoms with Crippen molar-refractivity contribution < 1.29 is 33.7 Å². The van der Waals surface area contributed by atoms with Gasteiger partial charge in [0.25, 0.3) is 0 Å². The predicted molar refractivity (Wildman–Crippen MR) is 141 cm³/mol. The summed E-state index contributed by atoms with van der Waals surface area (Å²) in [5.41, 5.74) is 1.17. The number of hydrogen-bond donors (Lipinski definition) is 3. The first kappa shape index (κ1) is 32.9. The van der Waals surface area contributed by atoms with E-state index in [9.17, 15) is 19.5 Å². The summed E-state index contributed by atoms with van der Waals surface area (Å²) in [5.74, 6) is -2.24. The number of methoxy groups -OCH3 is 1. The Hall–Kier alpha value is -2.17. The monoisotopic (exact) mass is 522 g/mol. The van der Waals surface area contributed by atoms with Crippen LogP contribution < -0.4 is 10.6 Å². The van der Waals surface area contributed by atoms with Crippen LogP contribution in [0.15, 0.2) is 30.3 Å². The maximum atomic E-state index is 12.8. The van der Waals surface area contributed by atoms with Crippen molar-refractivity contribution in [2.75, 3.05) is 26.8 Å². The largest absolute Gasteiger partial charge is 0.462 e. The molecule has 4 unspecified atom stereocenters. The minimum Gasteiger partial charge on any atom is -0.462 e. The molecule has 0 bridgehead atoms. The Morgan fingerprint density at radius 1 is 1.11 bits per heavy atom. The minimum absolute atomic E-state index is 0.0323. The Labute approximate surface area is 221 Å². The van der Waals surface area contributed by atoms with Crippen LogP contribution in [0.4, 0.5) is 0 Å². The molecule has 210 valence electrons. The van der Waals surface area contributed by atoms with Gasteiger partial charge in [0.1, 0.15) is 30.2 Å². The van der Waals surface area contributed by atoms with Crippen molar-refractivity contribution in [1.29, 1.82) is 0 Å². The van der Waals surface area contributed by atoms with Gasteiger partial charge in [-0.15, -0.1) is 0 Å². The second-order valence-electron chi connectivity index (χ2n) is 9.28. The summed E-state index contributed by atoms with van der Waals surface area (Å²) in [7, 11) is 1.57.